The summed E-state index contributed by atoms with van der Waals surface area (Å²) in [5.41, 5.74) is 1.96. The minimum Gasteiger partial charge on any atom is -0.451 e. The van der Waals surface area contributed by atoms with Gasteiger partial charge in [0, 0.05) is 12.1 Å². The summed E-state index contributed by atoms with van der Waals surface area (Å²) < 4.78 is 19.9. The van der Waals surface area contributed by atoms with Crippen LogP contribution in [-0.4, -0.2) is 32.9 Å². The third-order valence-corrected chi connectivity index (χ3v) is 3.83. The molecule has 0 aliphatic heterocycles. The second-order valence-corrected chi connectivity index (χ2v) is 5.53. The first-order valence-corrected chi connectivity index (χ1v) is 7.83. The Bertz CT molecular complexity index is 934. The highest BCUT2D eigenvalue weighted by atomic mass is 19.1. The number of hydrogen-bond acceptors (Lipinski definition) is 5. The van der Waals surface area contributed by atoms with Gasteiger partial charge >= 0.3 is 5.97 Å². The second kappa shape index (κ2) is 6.80. The van der Waals surface area contributed by atoms with Crippen molar-refractivity contribution in [1.29, 1.82) is 0 Å². The highest BCUT2D eigenvalue weighted by Crippen LogP contribution is 2.16. The number of ether oxygens (including phenoxy) is 1. The van der Waals surface area contributed by atoms with Crippen molar-refractivity contribution in [1.82, 2.24) is 15.0 Å². The van der Waals surface area contributed by atoms with Crippen molar-refractivity contribution in [3.05, 3.63) is 59.4 Å². The van der Waals surface area contributed by atoms with Crippen LogP contribution in [-0.2, 0) is 11.3 Å². The zero-order chi connectivity index (χ0) is 18.0. The number of halogens is 1. The molecule has 3 aromatic rings. The van der Waals surface area contributed by atoms with E-state index in [1.165, 1.54) is 31.2 Å². The minimum atomic E-state index is -0.986. The van der Waals surface area contributed by atoms with Crippen LogP contribution >= 0.6 is 0 Å². The van der Waals surface area contributed by atoms with Crippen molar-refractivity contribution in [3.8, 4) is 0 Å². The van der Waals surface area contributed by atoms with E-state index in [4.69, 9.17) is 4.74 Å². The van der Waals surface area contributed by atoms with Gasteiger partial charge in [-0.3, -0.25) is 4.79 Å². The highest BCUT2D eigenvalue weighted by Gasteiger charge is 2.21. The molecule has 128 valence electrons. The highest BCUT2D eigenvalue weighted by molar-refractivity contribution is 6.01. The Kier molecular flexibility index (Phi) is 4.56. The molecule has 0 aliphatic carbocycles. The van der Waals surface area contributed by atoms with Crippen LogP contribution < -0.4 is 0 Å². The van der Waals surface area contributed by atoms with E-state index in [9.17, 15) is 14.0 Å². The largest absolute Gasteiger partial charge is 0.451 e. The average molecular weight is 341 g/mol. The van der Waals surface area contributed by atoms with Crippen LogP contribution in [0.25, 0.3) is 11.0 Å². The molecule has 1 heterocycles. The standard InChI is InChI=1S/C18H16FN3O3/c1-3-22-16-9-6-13(10-15(16)20-21-22)18(24)25-11(2)17(23)12-4-7-14(19)8-5-12/h4-11H,3H2,1-2H3/t11-/m1/s1. The van der Waals surface area contributed by atoms with E-state index in [0.717, 1.165) is 5.52 Å². The Morgan fingerprint density at radius 1 is 1.16 bits per heavy atom. The lowest BCUT2D eigenvalue weighted by molar-refractivity contribution is 0.0319. The summed E-state index contributed by atoms with van der Waals surface area (Å²) in [6, 6.07) is 10.0. The number of esters is 1. The molecule has 7 heteroatoms. The van der Waals surface area contributed by atoms with Gasteiger partial charge in [0.1, 0.15) is 11.3 Å². The first-order valence-electron chi connectivity index (χ1n) is 7.83. The number of fused-ring (bicyclic) bond motifs is 1. The number of carbonyl (C=O) groups excluding carboxylic acids is 2. The molecular weight excluding hydrogens is 325 g/mol. The number of aromatic nitrogens is 3. The fourth-order valence-electron chi connectivity index (χ4n) is 2.46. The molecule has 0 saturated carbocycles. The number of benzene rings is 2. The summed E-state index contributed by atoms with van der Waals surface area (Å²) in [5, 5.41) is 7.99. The van der Waals surface area contributed by atoms with Crippen molar-refractivity contribution in [3.63, 3.8) is 0 Å². The summed E-state index contributed by atoms with van der Waals surface area (Å²) in [5.74, 6) is -1.46. The maximum atomic E-state index is 12.9. The van der Waals surface area contributed by atoms with Gasteiger partial charge in [-0.25, -0.2) is 13.9 Å². The molecule has 0 fully saturated rings. The summed E-state index contributed by atoms with van der Waals surface area (Å²) in [6.07, 6.45) is -0.986. The lowest BCUT2D eigenvalue weighted by Crippen LogP contribution is -2.24. The molecular formula is C18H16FN3O3. The summed E-state index contributed by atoms with van der Waals surface area (Å²) >= 11 is 0. The summed E-state index contributed by atoms with van der Waals surface area (Å²) in [4.78, 5) is 24.5. The predicted molar refractivity (Wildman–Crippen MR) is 88.8 cm³/mol. The van der Waals surface area contributed by atoms with E-state index < -0.39 is 23.7 Å². The molecule has 1 atom stereocenters. The van der Waals surface area contributed by atoms with Gasteiger partial charge in [0.2, 0.25) is 5.78 Å². The second-order valence-electron chi connectivity index (χ2n) is 5.53. The number of Topliss-reactive ketones (excluding diaryl/α,β-unsaturated/α-hetero) is 1. The lowest BCUT2D eigenvalue weighted by atomic mass is 10.1. The van der Waals surface area contributed by atoms with Crippen LogP contribution in [0.5, 0.6) is 0 Å². The maximum absolute atomic E-state index is 12.9. The fourth-order valence-corrected chi connectivity index (χ4v) is 2.46. The molecule has 0 aliphatic rings. The summed E-state index contributed by atoms with van der Waals surface area (Å²) in [7, 11) is 0. The van der Waals surface area contributed by atoms with Crippen LogP contribution in [0.1, 0.15) is 34.6 Å². The van der Waals surface area contributed by atoms with Gasteiger partial charge in [-0.2, -0.15) is 0 Å². The van der Waals surface area contributed by atoms with Gasteiger partial charge in [0.15, 0.2) is 6.10 Å². The maximum Gasteiger partial charge on any atom is 0.338 e. The Morgan fingerprint density at radius 3 is 2.52 bits per heavy atom. The number of carbonyl (C=O) groups is 2. The average Bonchev–Trinajstić information content (AvgIpc) is 3.03. The van der Waals surface area contributed by atoms with Crippen LogP contribution in [0.15, 0.2) is 42.5 Å². The van der Waals surface area contributed by atoms with Crippen LogP contribution in [0.4, 0.5) is 4.39 Å². The minimum absolute atomic E-state index is 0.281. The topological polar surface area (TPSA) is 74.1 Å². The zero-order valence-electron chi connectivity index (χ0n) is 13.8. The Morgan fingerprint density at radius 2 is 1.84 bits per heavy atom. The monoisotopic (exact) mass is 341 g/mol. The number of aryl methyl sites for hydroxylation is 1. The van der Waals surface area contributed by atoms with E-state index in [1.807, 2.05) is 6.92 Å². The molecule has 0 amide bonds. The van der Waals surface area contributed by atoms with Crippen molar-refractivity contribution >= 4 is 22.8 Å². The molecule has 0 spiro atoms. The van der Waals surface area contributed by atoms with Crippen molar-refractivity contribution in [2.45, 2.75) is 26.5 Å². The van der Waals surface area contributed by atoms with Crippen LogP contribution in [0.2, 0.25) is 0 Å². The van der Waals surface area contributed by atoms with Gasteiger partial charge in [-0.1, -0.05) is 5.21 Å². The smallest absolute Gasteiger partial charge is 0.338 e. The van der Waals surface area contributed by atoms with E-state index in [0.29, 0.717) is 12.1 Å². The van der Waals surface area contributed by atoms with Gasteiger partial charge < -0.3 is 4.74 Å². The number of hydrogen-bond donors (Lipinski definition) is 0. The molecule has 2 aromatic carbocycles. The third kappa shape index (κ3) is 3.40. The molecule has 1 aromatic heterocycles. The van der Waals surface area contributed by atoms with Crippen molar-refractivity contribution in [2.24, 2.45) is 0 Å². The van der Waals surface area contributed by atoms with Gasteiger partial charge in [0.25, 0.3) is 0 Å². The number of nitrogens with zero attached hydrogens (tertiary/aromatic N) is 3. The van der Waals surface area contributed by atoms with E-state index in [1.54, 1.807) is 22.9 Å². The Balaban J connectivity index is 1.74. The van der Waals surface area contributed by atoms with E-state index in [-0.39, 0.29) is 11.1 Å². The zero-order valence-corrected chi connectivity index (χ0v) is 13.8. The first-order chi connectivity index (χ1) is 12.0. The SMILES string of the molecule is CCn1nnc2cc(C(=O)O[C@H](C)C(=O)c3ccc(F)cc3)ccc21. The third-order valence-electron chi connectivity index (χ3n) is 3.83. The van der Waals surface area contributed by atoms with Crippen LogP contribution in [0, 0.1) is 5.82 Å². The van der Waals surface area contributed by atoms with Crippen LogP contribution in [0.3, 0.4) is 0 Å². The van der Waals surface area contributed by atoms with E-state index >= 15 is 0 Å². The molecule has 0 saturated heterocycles. The van der Waals surface area contributed by atoms with E-state index in [2.05, 4.69) is 10.3 Å². The fraction of sp³-hybridized carbons (Fsp3) is 0.222. The van der Waals surface area contributed by atoms with Crippen molar-refractivity contribution in [2.75, 3.05) is 0 Å². The molecule has 0 N–H and O–H groups in total. The quantitative estimate of drug-likeness (QED) is 0.527. The molecule has 6 nitrogen and oxygen atoms in total. The molecule has 0 bridgehead atoms. The predicted octanol–water partition coefficient (Wildman–Crippen LogP) is 3.02. The Labute approximate surface area is 143 Å². The Hall–Kier alpha value is -3.09. The molecule has 0 radical (unpaired) electrons. The van der Waals surface area contributed by atoms with Gasteiger partial charge in [-0.05, 0) is 56.3 Å². The normalized spacial score (nSPS) is 12.1. The molecule has 25 heavy (non-hydrogen) atoms. The first kappa shape index (κ1) is 16.8. The lowest BCUT2D eigenvalue weighted by Gasteiger charge is -2.12. The number of rotatable bonds is 5. The molecule has 3 rings (SSSR count). The van der Waals surface area contributed by atoms with Gasteiger partial charge in [0.05, 0.1) is 11.1 Å². The summed E-state index contributed by atoms with van der Waals surface area (Å²) in [6.45, 7) is 4.10. The van der Waals surface area contributed by atoms with Crippen molar-refractivity contribution < 1.29 is 18.7 Å². The van der Waals surface area contributed by atoms with Gasteiger partial charge in [-0.15, -0.1) is 5.10 Å². The molecule has 0 unspecified atom stereocenters. The number of ketones is 1.